The normalized spacial score (nSPS) is 15.0. The Morgan fingerprint density at radius 1 is 1.67 bits per heavy atom. The number of anilines is 1. The molecule has 0 bridgehead atoms. The second-order valence-electron chi connectivity index (χ2n) is 4.52. The third-order valence-electron chi connectivity index (χ3n) is 2.95. The fourth-order valence-corrected chi connectivity index (χ4v) is 3.75. The summed E-state index contributed by atoms with van der Waals surface area (Å²) in [7, 11) is 2.05. The van der Waals surface area contributed by atoms with E-state index in [2.05, 4.69) is 54.1 Å². The van der Waals surface area contributed by atoms with Crippen molar-refractivity contribution in [2.24, 2.45) is 0 Å². The number of hydrogen-bond donors (Lipinski definition) is 1. The molecule has 2 heterocycles. The summed E-state index contributed by atoms with van der Waals surface area (Å²) in [6.07, 6.45) is 2.42. The number of nitrogens with one attached hydrogen (secondary N) is 1. The van der Waals surface area contributed by atoms with Crippen LogP contribution in [0.3, 0.4) is 0 Å². The Balaban J connectivity index is 1.83. The number of aromatic amines is 1. The van der Waals surface area contributed by atoms with Crippen molar-refractivity contribution in [3.05, 3.63) is 25.6 Å². The van der Waals surface area contributed by atoms with Crippen molar-refractivity contribution in [2.45, 2.75) is 25.4 Å². The second kappa shape index (κ2) is 4.79. The van der Waals surface area contributed by atoms with Crippen LogP contribution in [0.1, 0.15) is 23.8 Å². The van der Waals surface area contributed by atoms with Crippen LogP contribution in [0.25, 0.3) is 0 Å². The molecule has 7 heteroatoms. The average Bonchev–Trinajstić information content (AvgIpc) is 2.97. The van der Waals surface area contributed by atoms with E-state index in [1.54, 1.807) is 11.3 Å². The Labute approximate surface area is 123 Å². The van der Waals surface area contributed by atoms with E-state index in [-0.39, 0.29) is 0 Å². The Bertz CT molecular complexity index is 611. The topological polar surface area (TPSA) is 36.9 Å². The molecule has 0 radical (unpaired) electrons. The van der Waals surface area contributed by atoms with E-state index in [0.717, 1.165) is 21.7 Å². The minimum Gasteiger partial charge on any atom is -0.339 e. The van der Waals surface area contributed by atoms with Crippen LogP contribution in [0, 0.1) is 4.77 Å². The van der Waals surface area contributed by atoms with Gasteiger partial charge in [-0.2, -0.15) is 0 Å². The van der Waals surface area contributed by atoms with Gasteiger partial charge in [-0.15, -0.1) is 16.4 Å². The van der Waals surface area contributed by atoms with E-state index in [1.807, 2.05) is 0 Å². The molecule has 0 aromatic carbocycles. The SMILES string of the molecule is CN(Cc1cc(Br)cs1)c1n[nH]c(=S)n1C1CC1. The van der Waals surface area contributed by atoms with Crippen LogP contribution in [0.5, 0.6) is 0 Å². The first-order valence-electron chi connectivity index (χ1n) is 5.76. The second-order valence-corrected chi connectivity index (χ2v) is 6.82. The number of nitrogens with zero attached hydrogens (tertiary/aromatic N) is 3. The first-order chi connectivity index (χ1) is 8.65. The van der Waals surface area contributed by atoms with Crippen molar-refractivity contribution < 1.29 is 0 Å². The maximum absolute atomic E-state index is 5.29. The molecule has 96 valence electrons. The summed E-state index contributed by atoms with van der Waals surface area (Å²) in [4.78, 5) is 3.45. The molecule has 0 saturated heterocycles. The minimum absolute atomic E-state index is 0.545. The van der Waals surface area contributed by atoms with Gasteiger partial charge in [0.2, 0.25) is 5.95 Å². The Morgan fingerprint density at radius 3 is 3.06 bits per heavy atom. The highest BCUT2D eigenvalue weighted by atomic mass is 79.9. The molecule has 0 unspecified atom stereocenters. The maximum atomic E-state index is 5.29. The molecular weight excluding hydrogens is 332 g/mol. The maximum Gasteiger partial charge on any atom is 0.226 e. The highest BCUT2D eigenvalue weighted by Gasteiger charge is 2.28. The fourth-order valence-electron chi connectivity index (χ4n) is 1.97. The van der Waals surface area contributed by atoms with Gasteiger partial charge in [-0.25, -0.2) is 5.10 Å². The molecule has 3 rings (SSSR count). The van der Waals surface area contributed by atoms with Crippen LogP contribution in [0.2, 0.25) is 0 Å². The van der Waals surface area contributed by atoms with Crippen molar-refractivity contribution >= 4 is 45.4 Å². The van der Waals surface area contributed by atoms with E-state index in [1.165, 1.54) is 17.7 Å². The van der Waals surface area contributed by atoms with E-state index >= 15 is 0 Å². The van der Waals surface area contributed by atoms with Crippen molar-refractivity contribution in [3.63, 3.8) is 0 Å². The lowest BCUT2D eigenvalue weighted by atomic mass is 10.4. The van der Waals surface area contributed by atoms with Gasteiger partial charge in [-0.1, -0.05) is 0 Å². The lowest BCUT2D eigenvalue weighted by Crippen LogP contribution is -2.20. The Morgan fingerprint density at radius 2 is 2.44 bits per heavy atom. The first-order valence-corrected chi connectivity index (χ1v) is 7.84. The zero-order valence-corrected chi connectivity index (χ0v) is 13.1. The fraction of sp³-hybridized carbons (Fsp3) is 0.455. The van der Waals surface area contributed by atoms with Gasteiger partial charge >= 0.3 is 0 Å². The third-order valence-corrected chi connectivity index (χ3v) is 4.92. The largest absolute Gasteiger partial charge is 0.339 e. The molecule has 2 aromatic heterocycles. The summed E-state index contributed by atoms with van der Waals surface area (Å²) in [5.41, 5.74) is 0. The van der Waals surface area contributed by atoms with Crippen LogP contribution in [0.4, 0.5) is 5.95 Å². The number of rotatable bonds is 4. The van der Waals surface area contributed by atoms with Gasteiger partial charge in [0.25, 0.3) is 0 Å². The summed E-state index contributed by atoms with van der Waals surface area (Å²) in [5.74, 6) is 0.937. The van der Waals surface area contributed by atoms with Crippen LogP contribution < -0.4 is 4.90 Å². The van der Waals surface area contributed by atoms with E-state index in [0.29, 0.717) is 6.04 Å². The van der Waals surface area contributed by atoms with Crippen molar-refractivity contribution in [2.75, 3.05) is 11.9 Å². The molecule has 0 atom stereocenters. The molecule has 0 amide bonds. The van der Waals surface area contributed by atoms with Crippen LogP contribution >= 0.6 is 39.5 Å². The number of hydrogen-bond acceptors (Lipinski definition) is 4. The summed E-state index contributed by atoms with van der Waals surface area (Å²) < 4.78 is 4.00. The predicted octanol–water partition coefficient (Wildman–Crippen LogP) is 3.74. The molecule has 1 fully saturated rings. The van der Waals surface area contributed by atoms with E-state index < -0.39 is 0 Å². The molecule has 18 heavy (non-hydrogen) atoms. The average molecular weight is 345 g/mol. The zero-order valence-electron chi connectivity index (χ0n) is 9.89. The highest BCUT2D eigenvalue weighted by Crippen LogP contribution is 2.38. The Hall–Kier alpha value is -0.660. The summed E-state index contributed by atoms with van der Waals surface area (Å²) in [5, 5.41) is 9.34. The number of aromatic nitrogens is 3. The van der Waals surface area contributed by atoms with Gasteiger partial charge in [0, 0.05) is 27.8 Å². The zero-order chi connectivity index (χ0) is 12.7. The van der Waals surface area contributed by atoms with Gasteiger partial charge in [-0.3, -0.25) is 4.57 Å². The highest BCUT2D eigenvalue weighted by molar-refractivity contribution is 9.10. The van der Waals surface area contributed by atoms with Gasteiger partial charge in [0.1, 0.15) is 0 Å². The van der Waals surface area contributed by atoms with Gasteiger partial charge < -0.3 is 4.90 Å². The number of H-pyrrole nitrogens is 1. The molecule has 1 N–H and O–H groups in total. The first kappa shape index (κ1) is 12.4. The molecule has 1 aliphatic rings. The van der Waals surface area contributed by atoms with E-state index in [4.69, 9.17) is 12.2 Å². The van der Waals surface area contributed by atoms with Crippen LogP contribution in [-0.4, -0.2) is 21.8 Å². The molecule has 4 nitrogen and oxygen atoms in total. The lowest BCUT2D eigenvalue weighted by molar-refractivity contribution is 0.702. The third kappa shape index (κ3) is 2.39. The van der Waals surface area contributed by atoms with Gasteiger partial charge in [0.15, 0.2) is 4.77 Å². The molecule has 0 spiro atoms. The van der Waals surface area contributed by atoms with E-state index in [9.17, 15) is 0 Å². The van der Waals surface area contributed by atoms with Crippen molar-refractivity contribution in [1.29, 1.82) is 0 Å². The lowest BCUT2D eigenvalue weighted by Gasteiger charge is -2.17. The molecule has 0 aliphatic heterocycles. The van der Waals surface area contributed by atoms with Gasteiger partial charge in [-0.05, 0) is 47.1 Å². The quantitative estimate of drug-likeness (QED) is 0.858. The number of halogens is 1. The predicted molar refractivity (Wildman–Crippen MR) is 79.8 cm³/mol. The Kier molecular flexibility index (Phi) is 3.29. The standard InChI is InChI=1S/C11H13BrN4S2/c1-15(5-9-4-7(12)6-18-9)10-13-14-11(17)16(10)8-2-3-8/h4,6,8H,2-3,5H2,1H3,(H,14,17). The minimum atomic E-state index is 0.545. The summed E-state index contributed by atoms with van der Waals surface area (Å²) >= 11 is 10.5. The van der Waals surface area contributed by atoms with Crippen LogP contribution in [-0.2, 0) is 6.54 Å². The number of thiophene rings is 1. The van der Waals surface area contributed by atoms with Gasteiger partial charge in [0.05, 0.1) is 6.54 Å². The smallest absolute Gasteiger partial charge is 0.226 e. The van der Waals surface area contributed by atoms with Crippen LogP contribution in [0.15, 0.2) is 15.9 Å². The summed E-state index contributed by atoms with van der Waals surface area (Å²) in [6, 6.07) is 2.69. The summed E-state index contributed by atoms with van der Waals surface area (Å²) in [6.45, 7) is 0.850. The molecule has 1 aliphatic carbocycles. The molecular formula is C11H13BrN4S2. The van der Waals surface area contributed by atoms with Crippen molar-refractivity contribution in [1.82, 2.24) is 14.8 Å². The van der Waals surface area contributed by atoms with Crippen molar-refractivity contribution in [3.8, 4) is 0 Å². The monoisotopic (exact) mass is 344 g/mol. The molecule has 1 saturated carbocycles. The molecule has 2 aromatic rings.